The summed E-state index contributed by atoms with van der Waals surface area (Å²) in [5.74, 6) is -0.868. The molecule has 86 valence electrons. The Balaban J connectivity index is 2.73. The van der Waals surface area contributed by atoms with Gasteiger partial charge in [-0.1, -0.05) is 31.2 Å². The monoisotopic (exact) mass is 228 g/mol. The van der Waals surface area contributed by atoms with E-state index in [9.17, 15) is 14.4 Å². The maximum absolute atomic E-state index is 12.1. The SMILES string of the molecule is CCC1=C(C(C)=O)C(=O)c2ccccc2C1=O. The molecule has 0 unspecified atom stereocenters. The van der Waals surface area contributed by atoms with E-state index in [4.69, 9.17) is 0 Å². The maximum atomic E-state index is 12.1. The van der Waals surface area contributed by atoms with Crippen LogP contribution in [0.1, 0.15) is 41.0 Å². The standard InChI is InChI=1S/C14H12O3/c1-3-9-12(8(2)15)14(17)11-7-5-4-6-10(11)13(9)16/h4-7H,3H2,1-2H3. The minimum atomic E-state index is -0.338. The number of carbonyl (C=O) groups excluding carboxylic acids is 3. The lowest BCUT2D eigenvalue weighted by molar-refractivity contribution is -0.113. The predicted octanol–water partition coefficient (Wildman–Crippen LogP) is 2.36. The van der Waals surface area contributed by atoms with E-state index in [2.05, 4.69) is 0 Å². The van der Waals surface area contributed by atoms with Crippen LogP contribution in [0.3, 0.4) is 0 Å². The molecule has 3 nitrogen and oxygen atoms in total. The van der Waals surface area contributed by atoms with Gasteiger partial charge in [0.05, 0.1) is 5.57 Å². The Hall–Kier alpha value is -2.03. The molecule has 0 atom stereocenters. The summed E-state index contributed by atoms with van der Waals surface area (Å²) in [5, 5.41) is 0. The Morgan fingerprint density at radius 1 is 1.06 bits per heavy atom. The molecule has 0 amide bonds. The molecule has 0 saturated carbocycles. The van der Waals surface area contributed by atoms with Gasteiger partial charge in [0.2, 0.25) is 0 Å². The van der Waals surface area contributed by atoms with Crippen LogP contribution in [0.15, 0.2) is 35.4 Å². The molecule has 1 aromatic carbocycles. The number of rotatable bonds is 2. The molecule has 0 heterocycles. The smallest absolute Gasteiger partial charge is 0.197 e. The van der Waals surface area contributed by atoms with Gasteiger partial charge in [0.15, 0.2) is 17.3 Å². The highest BCUT2D eigenvalue weighted by Crippen LogP contribution is 2.28. The van der Waals surface area contributed by atoms with Crippen molar-refractivity contribution in [1.82, 2.24) is 0 Å². The summed E-state index contributed by atoms with van der Waals surface area (Å²) in [6.45, 7) is 3.10. The van der Waals surface area contributed by atoms with Crippen LogP contribution < -0.4 is 0 Å². The fourth-order valence-corrected chi connectivity index (χ4v) is 2.14. The van der Waals surface area contributed by atoms with Gasteiger partial charge in [0.25, 0.3) is 0 Å². The van der Waals surface area contributed by atoms with Crippen LogP contribution >= 0.6 is 0 Å². The molecule has 0 N–H and O–H groups in total. The van der Waals surface area contributed by atoms with Crippen LogP contribution in [-0.4, -0.2) is 17.3 Å². The zero-order valence-corrected chi connectivity index (χ0v) is 9.74. The van der Waals surface area contributed by atoms with Gasteiger partial charge in [0, 0.05) is 16.7 Å². The lowest BCUT2D eigenvalue weighted by Crippen LogP contribution is -2.25. The van der Waals surface area contributed by atoms with Gasteiger partial charge in [-0.15, -0.1) is 0 Å². The minimum Gasteiger partial charge on any atom is -0.294 e. The van der Waals surface area contributed by atoms with Gasteiger partial charge in [-0.3, -0.25) is 14.4 Å². The molecule has 0 aromatic heterocycles. The van der Waals surface area contributed by atoms with Gasteiger partial charge in [-0.25, -0.2) is 0 Å². The van der Waals surface area contributed by atoms with Gasteiger partial charge >= 0.3 is 0 Å². The highest BCUT2D eigenvalue weighted by molar-refractivity contribution is 6.36. The van der Waals surface area contributed by atoms with Crippen molar-refractivity contribution in [2.45, 2.75) is 20.3 Å². The minimum absolute atomic E-state index is 0.0520. The van der Waals surface area contributed by atoms with Crippen molar-refractivity contribution >= 4 is 17.3 Å². The molecule has 1 aliphatic carbocycles. The number of allylic oxidation sites excluding steroid dienone is 2. The van der Waals surface area contributed by atoms with Crippen molar-refractivity contribution in [3.05, 3.63) is 46.5 Å². The number of benzene rings is 1. The summed E-state index contributed by atoms with van der Waals surface area (Å²) >= 11 is 0. The molecule has 3 heteroatoms. The number of Topliss-reactive ketones (excluding diaryl/α,β-unsaturated/α-hetero) is 3. The predicted molar refractivity (Wildman–Crippen MR) is 63.1 cm³/mol. The fraction of sp³-hybridized carbons (Fsp3) is 0.214. The second-order valence-corrected chi connectivity index (χ2v) is 3.97. The third-order valence-electron chi connectivity index (χ3n) is 2.92. The average molecular weight is 228 g/mol. The number of hydrogen-bond donors (Lipinski definition) is 0. The Bertz CT molecular complexity index is 565. The van der Waals surface area contributed by atoms with E-state index in [-0.39, 0.29) is 22.9 Å². The quantitative estimate of drug-likeness (QED) is 0.730. The van der Waals surface area contributed by atoms with Crippen molar-refractivity contribution < 1.29 is 14.4 Å². The van der Waals surface area contributed by atoms with Crippen LogP contribution in [0, 0.1) is 0 Å². The Morgan fingerprint density at radius 2 is 1.59 bits per heavy atom. The highest BCUT2D eigenvalue weighted by Gasteiger charge is 2.32. The Kier molecular flexibility index (Phi) is 2.76. The van der Waals surface area contributed by atoms with Crippen molar-refractivity contribution in [2.75, 3.05) is 0 Å². The van der Waals surface area contributed by atoms with Crippen LogP contribution in [0.5, 0.6) is 0 Å². The Morgan fingerprint density at radius 3 is 2.06 bits per heavy atom. The summed E-state index contributed by atoms with van der Waals surface area (Å²) < 4.78 is 0. The molecular formula is C14H12O3. The molecule has 0 radical (unpaired) electrons. The van der Waals surface area contributed by atoms with E-state index >= 15 is 0 Å². The van der Waals surface area contributed by atoms with Gasteiger partial charge in [-0.05, 0) is 13.3 Å². The molecule has 1 aliphatic rings. The number of ketones is 3. The van der Waals surface area contributed by atoms with Crippen LogP contribution in [0.25, 0.3) is 0 Å². The van der Waals surface area contributed by atoms with E-state index in [1.54, 1.807) is 31.2 Å². The molecule has 0 aliphatic heterocycles. The zero-order valence-electron chi connectivity index (χ0n) is 9.74. The lowest BCUT2D eigenvalue weighted by Gasteiger charge is -2.18. The Labute approximate surface area is 99.1 Å². The average Bonchev–Trinajstić information content (AvgIpc) is 2.33. The second kappa shape index (κ2) is 4.09. The fourth-order valence-electron chi connectivity index (χ4n) is 2.14. The molecule has 0 fully saturated rings. The molecule has 0 spiro atoms. The summed E-state index contributed by atoms with van der Waals surface area (Å²) in [5.41, 5.74) is 1.12. The largest absolute Gasteiger partial charge is 0.294 e. The van der Waals surface area contributed by atoms with E-state index in [0.29, 0.717) is 23.1 Å². The third-order valence-corrected chi connectivity index (χ3v) is 2.92. The number of hydrogen-bond acceptors (Lipinski definition) is 3. The molecule has 0 saturated heterocycles. The summed E-state index contributed by atoms with van der Waals surface area (Å²) in [6, 6.07) is 6.63. The van der Waals surface area contributed by atoms with Gasteiger partial charge < -0.3 is 0 Å². The highest BCUT2D eigenvalue weighted by atomic mass is 16.2. The lowest BCUT2D eigenvalue weighted by atomic mass is 9.82. The van der Waals surface area contributed by atoms with Crippen LogP contribution in [0.2, 0.25) is 0 Å². The first-order valence-corrected chi connectivity index (χ1v) is 5.50. The van der Waals surface area contributed by atoms with Crippen molar-refractivity contribution in [3.8, 4) is 0 Å². The maximum Gasteiger partial charge on any atom is 0.197 e. The van der Waals surface area contributed by atoms with Gasteiger partial charge in [0.1, 0.15) is 0 Å². The first-order valence-electron chi connectivity index (χ1n) is 5.50. The van der Waals surface area contributed by atoms with Crippen molar-refractivity contribution in [2.24, 2.45) is 0 Å². The summed E-state index contributed by atoms with van der Waals surface area (Å²) in [7, 11) is 0. The molecular weight excluding hydrogens is 216 g/mol. The topological polar surface area (TPSA) is 51.2 Å². The van der Waals surface area contributed by atoms with E-state index in [0.717, 1.165) is 0 Å². The number of fused-ring (bicyclic) bond motifs is 1. The molecule has 1 aromatic rings. The zero-order chi connectivity index (χ0) is 12.6. The van der Waals surface area contributed by atoms with E-state index < -0.39 is 0 Å². The van der Waals surface area contributed by atoms with E-state index in [1.807, 2.05) is 0 Å². The number of carbonyl (C=O) groups is 3. The van der Waals surface area contributed by atoms with Crippen LogP contribution in [0.4, 0.5) is 0 Å². The summed E-state index contributed by atoms with van der Waals surface area (Å²) in [4.78, 5) is 35.8. The first kappa shape index (κ1) is 11.5. The first-order chi connectivity index (χ1) is 8.07. The van der Waals surface area contributed by atoms with Crippen molar-refractivity contribution in [3.63, 3.8) is 0 Å². The van der Waals surface area contributed by atoms with Crippen molar-refractivity contribution in [1.29, 1.82) is 0 Å². The van der Waals surface area contributed by atoms with Gasteiger partial charge in [-0.2, -0.15) is 0 Å². The molecule has 0 bridgehead atoms. The summed E-state index contributed by atoms with van der Waals surface area (Å²) in [6.07, 6.45) is 0.397. The second-order valence-electron chi connectivity index (χ2n) is 3.97. The molecule has 17 heavy (non-hydrogen) atoms. The van der Waals surface area contributed by atoms with Crippen LogP contribution in [-0.2, 0) is 4.79 Å². The third kappa shape index (κ3) is 1.64. The normalized spacial score (nSPS) is 14.9. The molecule has 2 rings (SSSR count). The van der Waals surface area contributed by atoms with E-state index in [1.165, 1.54) is 6.92 Å².